The lowest BCUT2D eigenvalue weighted by Gasteiger charge is -2.16. The Balaban J connectivity index is 1.70. The van der Waals surface area contributed by atoms with Crippen LogP contribution in [0.1, 0.15) is 22.1 Å². The Labute approximate surface area is 160 Å². The average Bonchev–Trinajstić information content (AvgIpc) is 3.11. The predicted molar refractivity (Wildman–Crippen MR) is 108 cm³/mol. The Morgan fingerprint density at radius 2 is 1.89 bits per heavy atom. The molecule has 1 aliphatic rings. The molecule has 0 bridgehead atoms. The number of benzene rings is 2. The van der Waals surface area contributed by atoms with Gasteiger partial charge in [0.05, 0.1) is 16.5 Å². The summed E-state index contributed by atoms with van der Waals surface area (Å²) in [5.41, 5.74) is 4.12. The van der Waals surface area contributed by atoms with Crippen LogP contribution in [0.15, 0.2) is 53.3 Å². The van der Waals surface area contributed by atoms with Gasteiger partial charge in [-0.05, 0) is 36.2 Å². The number of fused-ring (bicyclic) bond motifs is 3. The van der Waals surface area contributed by atoms with E-state index in [-0.39, 0.29) is 17.6 Å². The number of thiol groups is 1. The minimum atomic E-state index is -0.327. The molecule has 1 aliphatic heterocycles. The van der Waals surface area contributed by atoms with Crippen LogP contribution < -0.4 is 15.0 Å². The second-order valence-electron chi connectivity index (χ2n) is 6.63. The van der Waals surface area contributed by atoms with Gasteiger partial charge in [-0.3, -0.25) is 9.78 Å². The lowest BCUT2D eigenvalue weighted by atomic mass is 10.00. The summed E-state index contributed by atoms with van der Waals surface area (Å²) in [4.78, 5) is 19.8. The van der Waals surface area contributed by atoms with E-state index in [9.17, 15) is 4.79 Å². The van der Waals surface area contributed by atoms with Gasteiger partial charge in [-0.25, -0.2) is 0 Å². The van der Waals surface area contributed by atoms with Crippen LogP contribution in [0.2, 0.25) is 0 Å². The summed E-state index contributed by atoms with van der Waals surface area (Å²) >= 11 is 4.84. The van der Waals surface area contributed by atoms with E-state index in [1.807, 2.05) is 43.3 Å². The molecule has 2 aromatic carbocycles. The highest BCUT2D eigenvalue weighted by molar-refractivity contribution is 7.80. The maximum atomic E-state index is 12.1. The van der Waals surface area contributed by atoms with E-state index < -0.39 is 0 Å². The van der Waals surface area contributed by atoms with Crippen LogP contribution in [0.3, 0.4) is 0 Å². The molecule has 2 aromatic heterocycles. The van der Waals surface area contributed by atoms with Gasteiger partial charge in [-0.2, -0.15) is 12.6 Å². The SMILES string of the molecule is Cc1cc2cc3c(cc2nc1C(S)c1cc(=O)[nH]c2ccccc12)OCO3. The average molecular weight is 376 g/mol. The monoisotopic (exact) mass is 376 g/mol. The lowest BCUT2D eigenvalue weighted by molar-refractivity contribution is 0.174. The molecule has 4 aromatic rings. The van der Waals surface area contributed by atoms with Crippen LogP contribution in [0.4, 0.5) is 0 Å². The van der Waals surface area contributed by atoms with Crippen molar-refractivity contribution >= 4 is 34.4 Å². The minimum absolute atomic E-state index is 0.149. The van der Waals surface area contributed by atoms with Crippen molar-refractivity contribution < 1.29 is 9.47 Å². The van der Waals surface area contributed by atoms with Crippen LogP contribution in [-0.2, 0) is 0 Å². The van der Waals surface area contributed by atoms with Crippen molar-refractivity contribution in [1.82, 2.24) is 9.97 Å². The second kappa shape index (κ2) is 6.03. The fourth-order valence-electron chi connectivity index (χ4n) is 3.57. The van der Waals surface area contributed by atoms with Gasteiger partial charge in [0.15, 0.2) is 11.5 Å². The van der Waals surface area contributed by atoms with Crippen molar-refractivity contribution in [2.45, 2.75) is 12.2 Å². The molecule has 134 valence electrons. The first-order chi connectivity index (χ1) is 13.1. The molecule has 3 heterocycles. The van der Waals surface area contributed by atoms with Gasteiger partial charge in [0.2, 0.25) is 12.4 Å². The van der Waals surface area contributed by atoms with Crippen molar-refractivity contribution in [3.8, 4) is 11.5 Å². The number of pyridine rings is 2. The molecule has 1 unspecified atom stereocenters. The Morgan fingerprint density at radius 3 is 2.74 bits per heavy atom. The van der Waals surface area contributed by atoms with E-state index in [1.54, 1.807) is 6.07 Å². The van der Waals surface area contributed by atoms with E-state index in [2.05, 4.69) is 11.1 Å². The van der Waals surface area contributed by atoms with Crippen molar-refractivity contribution in [2.75, 3.05) is 6.79 Å². The number of hydrogen-bond donors (Lipinski definition) is 2. The smallest absolute Gasteiger partial charge is 0.248 e. The second-order valence-corrected chi connectivity index (χ2v) is 7.14. The highest BCUT2D eigenvalue weighted by Gasteiger charge is 2.20. The molecule has 5 nitrogen and oxygen atoms in total. The zero-order valence-corrected chi connectivity index (χ0v) is 15.4. The highest BCUT2D eigenvalue weighted by Crippen LogP contribution is 2.38. The number of aromatic amines is 1. The van der Waals surface area contributed by atoms with Crippen LogP contribution in [0.25, 0.3) is 21.8 Å². The normalized spacial score (nSPS) is 14.0. The molecular weight excluding hydrogens is 360 g/mol. The van der Waals surface area contributed by atoms with Gasteiger partial charge in [-0.1, -0.05) is 18.2 Å². The van der Waals surface area contributed by atoms with E-state index in [0.717, 1.165) is 44.4 Å². The standard InChI is InChI=1S/C21H16N2O3S/c1-11-6-12-7-17-18(26-10-25-17)9-16(12)23-20(11)21(27)14-8-19(24)22-15-5-3-2-4-13(14)15/h2-9,21,27H,10H2,1H3,(H,22,24). The van der Waals surface area contributed by atoms with Gasteiger partial charge in [-0.15, -0.1) is 0 Å². The highest BCUT2D eigenvalue weighted by atomic mass is 32.1. The lowest BCUT2D eigenvalue weighted by Crippen LogP contribution is -2.09. The van der Waals surface area contributed by atoms with E-state index >= 15 is 0 Å². The quantitative estimate of drug-likeness (QED) is 0.516. The summed E-state index contributed by atoms with van der Waals surface area (Å²) in [5.74, 6) is 1.43. The molecule has 6 heteroatoms. The van der Waals surface area contributed by atoms with Gasteiger partial charge in [0.1, 0.15) is 0 Å². The molecule has 1 atom stereocenters. The van der Waals surface area contributed by atoms with Crippen molar-refractivity contribution in [3.05, 3.63) is 75.7 Å². The minimum Gasteiger partial charge on any atom is -0.454 e. The molecule has 0 fully saturated rings. The summed E-state index contributed by atoms with van der Waals surface area (Å²) in [6, 6.07) is 15.2. The first-order valence-electron chi connectivity index (χ1n) is 8.61. The van der Waals surface area contributed by atoms with Crippen molar-refractivity contribution in [1.29, 1.82) is 0 Å². The molecule has 0 amide bonds. The zero-order valence-electron chi connectivity index (χ0n) is 14.5. The number of aromatic nitrogens is 2. The molecule has 0 saturated heterocycles. The van der Waals surface area contributed by atoms with Crippen molar-refractivity contribution in [3.63, 3.8) is 0 Å². The van der Waals surface area contributed by atoms with Crippen LogP contribution in [0.5, 0.6) is 11.5 Å². The number of hydrogen-bond acceptors (Lipinski definition) is 5. The molecule has 1 N–H and O–H groups in total. The van der Waals surface area contributed by atoms with E-state index in [0.29, 0.717) is 5.75 Å². The molecule has 0 spiro atoms. The van der Waals surface area contributed by atoms with Crippen molar-refractivity contribution in [2.24, 2.45) is 0 Å². The van der Waals surface area contributed by atoms with Crippen LogP contribution in [0, 0.1) is 6.92 Å². The fourth-order valence-corrected chi connectivity index (χ4v) is 4.04. The first kappa shape index (κ1) is 16.2. The van der Waals surface area contributed by atoms with E-state index in [4.69, 9.17) is 27.1 Å². The Bertz CT molecular complexity index is 1270. The number of ether oxygens (including phenoxy) is 2. The maximum absolute atomic E-state index is 12.1. The number of H-pyrrole nitrogens is 1. The number of para-hydroxylation sites is 1. The van der Waals surface area contributed by atoms with Gasteiger partial charge >= 0.3 is 0 Å². The molecular formula is C21H16N2O3S. The van der Waals surface area contributed by atoms with Crippen LogP contribution >= 0.6 is 12.6 Å². The Hall–Kier alpha value is -2.99. The number of nitrogens with one attached hydrogen (secondary N) is 1. The number of rotatable bonds is 2. The summed E-state index contributed by atoms with van der Waals surface area (Å²) < 4.78 is 10.9. The predicted octanol–water partition coefficient (Wildman–Crippen LogP) is 4.13. The van der Waals surface area contributed by atoms with Gasteiger partial charge in [0.25, 0.3) is 0 Å². The first-order valence-corrected chi connectivity index (χ1v) is 9.13. The van der Waals surface area contributed by atoms with Gasteiger partial charge in [0, 0.05) is 28.4 Å². The third-order valence-electron chi connectivity index (χ3n) is 4.87. The Kier molecular flexibility index (Phi) is 3.62. The molecule has 0 saturated carbocycles. The fraction of sp³-hybridized carbons (Fsp3) is 0.143. The number of nitrogens with zero attached hydrogens (tertiary/aromatic N) is 1. The number of aryl methyl sites for hydroxylation is 1. The zero-order chi connectivity index (χ0) is 18.5. The summed E-state index contributed by atoms with van der Waals surface area (Å²) in [6.07, 6.45) is 0. The topological polar surface area (TPSA) is 64.2 Å². The summed E-state index contributed by atoms with van der Waals surface area (Å²) in [6.45, 7) is 2.23. The molecule has 0 radical (unpaired) electrons. The Morgan fingerprint density at radius 1 is 1.11 bits per heavy atom. The van der Waals surface area contributed by atoms with Gasteiger partial charge < -0.3 is 14.5 Å². The molecule has 5 rings (SSSR count). The third kappa shape index (κ3) is 2.64. The summed E-state index contributed by atoms with van der Waals surface area (Å²) in [7, 11) is 0. The third-order valence-corrected chi connectivity index (χ3v) is 5.40. The van der Waals surface area contributed by atoms with Crippen LogP contribution in [-0.4, -0.2) is 16.8 Å². The molecule has 27 heavy (non-hydrogen) atoms. The summed E-state index contributed by atoms with van der Waals surface area (Å²) in [5, 5.41) is 1.62. The molecule has 0 aliphatic carbocycles. The maximum Gasteiger partial charge on any atom is 0.248 e. The largest absolute Gasteiger partial charge is 0.454 e. The van der Waals surface area contributed by atoms with E-state index in [1.165, 1.54) is 0 Å².